The van der Waals surface area contributed by atoms with Gasteiger partial charge in [-0.3, -0.25) is 4.79 Å². The summed E-state index contributed by atoms with van der Waals surface area (Å²) in [5.41, 5.74) is 0.857. The van der Waals surface area contributed by atoms with E-state index in [9.17, 15) is 14.7 Å². The number of carbonyl (C=O) groups is 2. The average Bonchev–Trinajstić information content (AvgIpc) is 2.74. The molecule has 0 unspecified atom stereocenters. The van der Waals surface area contributed by atoms with Crippen LogP contribution in [-0.2, 0) is 16.1 Å². The molecule has 2 aliphatic rings. The van der Waals surface area contributed by atoms with Gasteiger partial charge in [-0.2, -0.15) is 0 Å². The third kappa shape index (κ3) is 5.78. The maximum atomic E-state index is 12.5. The summed E-state index contributed by atoms with van der Waals surface area (Å²) in [6, 6.07) is 5.01. The smallest absolute Gasteiger partial charge is 0.410 e. The molecule has 160 valence electrons. The SMILES string of the molecule is COc1cc(CNC(=O)C2CCN(C(=O)O[C@H]3CC[C@H](C)CC3)CC2)ccc1O. The van der Waals surface area contributed by atoms with E-state index in [0.29, 0.717) is 38.2 Å². The number of phenols is 1. The highest BCUT2D eigenvalue weighted by atomic mass is 16.6. The molecule has 3 rings (SSSR count). The van der Waals surface area contributed by atoms with Gasteiger partial charge in [0.1, 0.15) is 6.10 Å². The van der Waals surface area contributed by atoms with Gasteiger partial charge in [-0.1, -0.05) is 13.0 Å². The molecule has 2 amide bonds. The minimum Gasteiger partial charge on any atom is -0.504 e. The van der Waals surface area contributed by atoms with Crippen molar-refractivity contribution in [2.24, 2.45) is 11.8 Å². The number of ether oxygens (including phenoxy) is 2. The van der Waals surface area contributed by atoms with Crippen molar-refractivity contribution in [3.05, 3.63) is 23.8 Å². The summed E-state index contributed by atoms with van der Waals surface area (Å²) in [4.78, 5) is 26.6. The van der Waals surface area contributed by atoms with Crippen molar-refractivity contribution in [2.45, 2.75) is 58.1 Å². The number of amides is 2. The first-order valence-corrected chi connectivity index (χ1v) is 10.6. The average molecular weight is 405 g/mol. The second kappa shape index (κ2) is 9.85. The topological polar surface area (TPSA) is 88.1 Å². The van der Waals surface area contributed by atoms with Gasteiger partial charge in [0.15, 0.2) is 11.5 Å². The Morgan fingerprint density at radius 2 is 1.83 bits per heavy atom. The van der Waals surface area contributed by atoms with Crippen LogP contribution in [0.5, 0.6) is 11.5 Å². The molecule has 1 aliphatic carbocycles. The van der Waals surface area contributed by atoms with Crippen LogP contribution < -0.4 is 10.1 Å². The molecule has 2 fully saturated rings. The molecule has 1 saturated heterocycles. The predicted octanol–water partition coefficient (Wildman–Crippen LogP) is 3.44. The molecule has 1 saturated carbocycles. The number of phenolic OH excluding ortho intramolecular Hbond substituents is 1. The highest BCUT2D eigenvalue weighted by Crippen LogP contribution is 2.28. The lowest BCUT2D eigenvalue weighted by atomic mass is 9.89. The molecule has 1 aliphatic heterocycles. The Bertz CT molecular complexity index is 707. The number of nitrogens with zero attached hydrogens (tertiary/aromatic N) is 1. The standard InChI is InChI=1S/C22H32N2O5/c1-15-3-6-18(7-4-15)29-22(27)24-11-9-17(10-12-24)21(26)23-14-16-5-8-19(25)20(13-16)28-2/h5,8,13,15,17-18,25H,3-4,6-7,9-12,14H2,1-2H3,(H,23,26)/t15-,18-. The van der Waals surface area contributed by atoms with E-state index < -0.39 is 0 Å². The van der Waals surface area contributed by atoms with Crippen molar-refractivity contribution in [2.75, 3.05) is 20.2 Å². The number of hydrogen-bond acceptors (Lipinski definition) is 5. The van der Waals surface area contributed by atoms with Crippen LogP contribution in [0.25, 0.3) is 0 Å². The monoisotopic (exact) mass is 404 g/mol. The second-order valence-electron chi connectivity index (χ2n) is 8.25. The van der Waals surface area contributed by atoms with Crippen LogP contribution in [0.4, 0.5) is 4.79 Å². The van der Waals surface area contributed by atoms with E-state index in [1.165, 1.54) is 7.11 Å². The Balaban J connectivity index is 1.40. The Morgan fingerprint density at radius 3 is 2.48 bits per heavy atom. The fourth-order valence-electron chi connectivity index (χ4n) is 4.05. The molecule has 0 bridgehead atoms. The fourth-order valence-corrected chi connectivity index (χ4v) is 4.05. The molecule has 29 heavy (non-hydrogen) atoms. The summed E-state index contributed by atoms with van der Waals surface area (Å²) in [5.74, 6) is 1.07. The van der Waals surface area contributed by atoms with Crippen LogP contribution in [0.15, 0.2) is 18.2 Å². The van der Waals surface area contributed by atoms with Crippen molar-refractivity contribution >= 4 is 12.0 Å². The molecular formula is C22H32N2O5. The van der Waals surface area contributed by atoms with E-state index >= 15 is 0 Å². The molecule has 7 heteroatoms. The van der Waals surface area contributed by atoms with Crippen molar-refractivity contribution < 1.29 is 24.2 Å². The van der Waals surface area contributed by atoms with E-state index in [-0.39, 0.29) is 29.8 Å². The number of methoxy groups -OCH3 is 1. The zero-order chi connectivity index (χ0) is 20.8. The molecule has 1 aromatic rings. The maximum Gasteiger partial charge on any atom is 0.410 e. The number of nitrogens with one attached hydrogen (secondary N) is 1. The molecule has 0 atom stereocenters. The van der Waals surface area contributed by atoms with E-state index in [1.807, 2.05) is 0 Å². The van der Waals surface area contributed by atoms with Gasteiger partial charge < -0.3 is 24.8 Å². The van der Waals surface area contributed by atoms with Crippen LogP contribution in [0, 0.1) is 11.8 Å². The van der Waals surface area contributed by atoms with Crippen LogP contribution in [0.1, 0.15) is 51.0 Å². The van der Waals surface area contributed by atoms with Crippen molar-refractivity contribution in [3.8, 4) is 11.5 Å². The third-order valence-electron chi connectivity index (χ3n) is 6.07. The highest BCUT2D eigenvalue weighted by molar-refractivity contribution is 5.79. The van der Waals surface area contributed by atoms with Crippen molar-refractivity contribution in [1.29, 1.82) is 0 Å². The van der Waals surface area contributed by atoms with Crippen LogP contribution in [0.2, 0.25) is 0 Å². The Morgan fingerprint density at radius 1 is 1.14 bits per heavy atom. The van der Waals surface area contributed by atoms with Gasteiger partial charge in [0, 0.05) is 25.6 Å². The maximum absolute atomic E-state index is 12.5. The molecule has 7 nitrogen and oxygen atoms in total. The van der Waals surface area contributed by atoms with E-state index in [2.05, 4.69) is 12.2 Å². The minimum atomic E-state index is -0.236. The van der Waals surface area contributed by atoms with Gasteiger partial charge in [-0.05, 0) is 62.1 Å². The molecule has 0 spiro atoms. The number of piperidine rings is 1. The summed E-state index contributed by atoms with van der Waals surface area (Å²) < 4.78 is 10.8. The predicted molar refractivity (Wildman–Crippen MR) is 109 cm³/mol. The first-order chi connectivity index (χ1) is 14.0. The van der Waals surface area contributed by atoms with Gasteiger partial charge in [0.2, 0.25) is 5.91 Å². The summed E-state index contributed by atoms with van der Waals surface area (Å²) in [6.45, 7) is 3.71. The zero-order valence-corrected chi connectivity index (χ0v) is 17.4. The summed E-state index contributed by atoms with van der Waals surface area (Å²) in [6.07, 6.45) is 5.23. The Kier molecular flexibility index (Phi) is 7.23. The highest BCUT2D eigenvalue weighted by Gasteiger charge is 2.30. The number of aromatic hydroxyl groups is 1. The molecule has 2 N–H and O–H groups in total. The fraction of sp³-hybridized carbons (Fsp3) is 0.636. The summed E-state index contributed by atoms with van der Waals surface area (Å²) in [7, 11) is 1.49. The number of hydrogen-bond donors (Lipinski definition) is 2. The second-order valence-corrected chi connectivity index (χ2v) is 8.25. The number of rotatable bonds is 5. The molecular weight excluding hydrogens is 372 g/mol. The lowest BCUT2D eigenvalue weighted by Crippen LogP contribution is -2.44. The summed E-state index contributed by atoms with van der Waals surface area (Å²) in [5, 5.41) is 12.6. The third-order valence-corrected chi connectivity index (χ3v) is 6.07. The normalized spacial score (nSPS) is 22.8. The molecule has 0 radical (unpaired) electrons. The largest absolute Gasteiger partial charge is 0.504 e. The Hall–Kier alpha value is -2.44. The number of likely N-dealkylation sites (tertiary alicyclic amines) is 1. The van der Waals surface area contributed by atoms with Crippen molar-refractivity contribution in [3.63, 3.8) is 0 Å². The van der Waals surface area contributed by atoms with Gasteiger partial charge in [-0.15, -0.1) is 0 Å². The van der Waals surface area contributed by atoms with E-state index in [0.717, 1.165) is 37.2 Å². The number of benzene rings is 1. The van der Waals surface area contributed by atoms with Crippen LogP contribution in [0.3, 0.4) is 0 Å². The first-order valence-electron chi connectivity index (χ1n) is 10.6. The zero-order valence-electron chi connectivity index (χ0n) is 17.4. The minimum absolute atomic E-state index is 0.00803. The van der Waals surface area contributed by atoms with Gasteiger partial charge in [0.25, 0.3) is 0 Å². The van der Waals surface area contributed by atoms with E-state index in [1.54, 1.807) is 23.1 Å². The summed E-state index contributed by atoms with van der Waals surface area (Å²) >= 11 is 0. The lowest BCUT2D eigenvalue weighted by Gasteiger charge is -2.33. The van der Waals surface area contributed by atoms with Gasteiger partial charge in [0.05, 0.1) is 7.11 Å². The van der Waals surface area contributed by atoms with Crippen molar-refractivity contribution in [1.82, 2.24) is 10.2 Å². The quantitative estimate of drug-likeness (QED) is 0.785. The molecule has 1 heterocycles. The molecule has 1 aromatic carbocycles. The molecule has 0 aromatic heterocycles. The number of carbonyl (C=O) groups excluding carboxylic acids is 2. The Labute approximate surface area is 172 Å². The lowest BCUT2D eigenvalue weighted by molar-refractivity contribution is -0.126. The van der Waals surface area contributed by atoms with Crippen LogP contribution >= 0.6 is 0 Å². The first kappa shape index (κ1) is 21.3. The van der Waals surface area contributed by atoms with Crippen LogP contribution in [-0.4, -0.2) is 48.3 Å². The van der Waals surface area contributed by atoms with Gasteiger partial charge in [-0.25, -0.2) is 4.79 Å². The van der Waals surface area contributed by atoms with Gasteiger partial charge >= 0.3 is 6.09 Å². The van der Waals surface area contributed by atoms with E-state index in [4.69, 9.17) is 9.47 Å².